The zero-order valence-corrected chi connectivity index (χ0v) is 8.86. The fourth-order valence-corrected chi connectivity index (χ4v) is 1.28. The number of hydrogen-bond donors (Lipinski definition) is 2. The van der Waals surface area contributed by atoms with Gasteiger partial charge in [0.2, 0.25) is 0 Å². The number of rotatable bonds is 3. The van der Waals surface area contributed by atoms with Crippen molar-refractivity contribution >= 4 is 17.7 Å². The van der Waals surface area contributed by atoms with Gasteiger partial charge in [-0.25, -0.2) is 0 Å². The van der Waals surface area contributed by atoms with Crippen molar-refractivity contribution in [1.29, 1.82) is 0 Å². The Kier molecular flexibility index (Phi) is 3.59. The molecule has 12 heavy (non-hydrogen) atoms. The molecule has 0 unspecified atom stereocenters. The van der Waals surface area contributed by atoms with Crippen LogP contribution in [0.2, 0.25) is 0 Å². The molecule has 0 heterocycles. The third-order valence-electron chi connectivity index (χ3n) is 1.29. The van der Waals surface area contributed by atoms with E-state index >= 15 is 0 Å². The molecule has 0 aromatic rings. The van der Waals surface area contributed by atoms with Crippen molar-refractivity contribution in [2.75, 3.05) is 5.75 Å². The third-order valence-corrected chi connectivity index (χ3v) is 2.90. The highest BCUT2D eigenvalue weighted by molar-refractivity contribution is 8.00. The molecule has 0 fully saturated rings. The molecule has 3 nitrogen and oxygen atoms in total. The van der Waals surface area contributed by atoms with Crippen LogP contribution in [0.4, 0.5) is 0 Å². The van der Waals surface area contributed by atoms with E-state index in [9.17, 15) is 4.79 Å². The summed E-state index contributed by atoms with van der Waals surface area (Å²) in [6.07, 6.45) is 0. The van der Waals surface area contributed by atoms with Gasteiger partial charge in [-0.3, -0.25) is 4.79 Å². The van der Waals surface area contributed by atoms with E-state index in [-0.39, 0.29) is 4.75 Å². The molecule has 4 heteroatoms. The fraction of sp³-hybridized carbons (Fsp3) is 0.875. The highest BCUT2D eigenvalue weighted by Gasteiger charge is 2.29. The van der Waals surface area contributed by atoms with Gasteiger partial charge in [0.05, 0.1) is 0 Å². The largest absolute Gasteiger partial charge is 0.480 e. The molecule has 0 aliphatic rings. The van der Waals surface area contributed by atoms with Crippen LogP contribution in [0.5, 0.6) is 0 Å². The summed E-state index contributed by atoms with van der Waals surface area (Å²) in [5.41, 5.74) is 4.43. The van der Waals surface area contributed by atoms with Gasteiger partial charge >= 0.3 is 5.97 Å². The molecule has 0 amide bonds. The highest BCUT2D eigenvalue weighted by atomic mass is 32.2. The number of aliphatic carboxylic acids is 1. The van der Waals surface area contributed by atoms with Crippen LogP contribution in [-0.4, -0.2) is 27.1 Å². The summed E-state index contributed by atoms with van der Waals surface area (Å²) in [6.45, 7) is 7.65. The van der Waals surface area contributed by atoms with Crippen LogP contribution < -0.4 is 5.73 Å². The summed E-state index contributed by atoms with van der Waals surface area (Å²) in [6, 6.07) is 0. The minimum atomic E-state index is -1.11. The van der Waals surface area contributed by atoms with Crippen molar-refractivity contribution in [3.8, 4) is 0 Å². The Hall–Kier alpha value is -0.220. The van der Waals surface area contributed by atoms with Crippen LogP contribution in [0.25, 0.3) is 0 Å². The van der Waals surface area contributed by atoms with E-state index < -0.39 is 11.5 Å². The lowest BCUT2D eigenvalue weighted by Gasteiger charge is -2.24. The lowest BCUT2D eigenvalue weighted by molar-refractivity contribution is -0.141. The second kappa shape index (κ2) is 3.66. The van der Waals surface area contributed by atoms with Gasteiger partial charge in [-0.1, -0.05) is 20.8 Å². The van der Waals surface area contributed by atoms with Crippen molar-refractivity contribution in [3.63, 3.8) is 0 Å². The van der Waals surface area contributed by atoms with Crippen LogP contribution in [0, 0.1) is 0 Å². The number of hydrogen-bond acceptors (Lipinski definition) is 3. The SMILES string of the molecule is CC(C)(C)SC[C@@](C)(N)C(=O)O. The summed E-state index contributed by atoms with van der Waals surface area (Å²) in [5, 5.41) is 8.70. The monoisotopic (exact) mass is 191 g/mol. The van der Waals surface area contributed by atoms with Crippen molar-refractivity contribution in [3.05, 3.63) is 0 Å². The average molecular weight is 191 g/mol. The summed E-state index contributed by atoms with van der Waals surface area (Å²) in [4.78, 5) is 10.6. The van der Waals surface area contributed by atoms with E-state index in [0.29, 0.717) is 5.75 Å². The van der Waals surface area contributed by atoms with Crippen LogP contribution in [-0.2, 0) is 4.79 Å². The highest BCUT2D eigenvalue weighted by Crippen LogP contribution is 2.25. The first kappa shape index (κ1) is 11.8. The Morgan fingerprint density at radius 3 is 2.08 bits per heavy atom. The summed E-state index contributed by atoms with van der Waals surface area (Å²) >= 11 is 1.56. The Balaban J connectivity index is 4.01. The van der Waals surface area contributed by atoms with Crippen LogP contribution in [0.1, 0.15) is 27.7 Å². The molecule has 0 aromatic heterocycles. The quantitative estimate of drug-likeness (QED) is 0.706. The fourth-order valence-electron chi connectivity index (χ4n) is 0.428. The van der Waals surface area contributed by atoms with Crippen LogP contribution in [0.3, 0.4) is 0 Å². The van der Waals surface area contributed by atoms with Crippen LogP contribution in [0.15, 0.2) is 0 Å². The molecule has 0 aliphatic heterocycles. The predicted octanol–water partition coefficient (Wildman–Crippen LogP) is 1.32. The summed E-state index contributed by atoms with van der Waals surface area (Å²) in [7, 11) is 0. The normalized spacial score (nSPS) is 17.1. The number of carboxylic acid groups (broad SMARTS) is 1. The predicted molar refractivity (Wildman–Crippen MR) is 52.4 cm³/mol. The molecular formula is C8H17NO2S. The van der Waals surface area contributed by atoms with E-state index in [2.05, 4.69) is 0 Å². The van der Waals surface area contributed by atoms with Gasteiger partial charge in [-0.05, 0) is 6.92 Å². The first-order valence-electron chi connectivity index (χ1n) is 3.81. The Labute approximate surface area is 77.7 Å². The van der Waals surface area contributed by atoms with Gasteiger partial charge in [0, 0.05) is 10.5 Å². The molecule has 0 saturated carbocycles. The van der Waals surface area contributed by atoms with Gasteiger partial charge in [0.1, 0.15) is 5.54 Å². The molecule has 72 valence electrons. The Morgan fingerprint density at radius 2 is 1.83 bits per heavy atom. The molecule has 0 rings (SSSR count). The standard InChI is InChI=1S/C8H17NO2S/c1-7(2,3)12-5-8(4,9)6(10)11/h5,9H2,1-4H3,(H,10,11)/t8-/m1/s1. The zero-order chi connectivity index (χ0) is 9.99. The molecule has 3 N–H and O–H groups in total. The van der Waals surface area contributed by atoms with Crippen molar-refractivity contribution in [2.24, 2.45) is 5.73 Å². The minimum Gasteiger partial charge on any atom is -0.480 e. The van der Waals surface area contributed by atoms with E-state index in [1.165, 1.54) is 6.92 Å². The number of carbonyl (C=O) groups is 1. The topological polar surface area (TPSA) is 63.3 Å². The molecule has 0 saturated heterocycles. The number of carboxylic acids is 1. The molecule has 0 aliphatic carbocycles. The first-order valence-corrected chi connectivity index (χ1v) is 4.80. The van der Waals surface area contributed by atoms with Gasteiger partial charge < -0.3 is 10.8 Å². The average Bonchev–Trinajstić information content (AvgIpc) is 1.82. The van der Waals surface area contributed by atoms with Gasteiger partial charge in [-0.15, -0.1) is 0 Å². The number of thioether (sulfide) groups is 1. The smallest absolute Gasteiger partial charge is 0.324 e. The maximum atomic E-state index is 10.6. The summed E-state index contributed by atoms with van der Waals surface area (Å²) in [5.74, 6) is -0.509. The van der Waals surface area contributed by atoms with Crippen molar-refractivity contribution in [1.82, 2.24) is 0 Å². The third kappa shape index (κ3) is 4.62. The lowest BCUT2D eigenvalue weighted by atomic mass is 10.1. The maximum absolute atomic E-state index is 10.6. The molecule has 0 bridgehead atoms. The van der Waals surface area contributed by atoms with Gasteiger partial charge in [-0.2, -0.15) is 11.8 Å². The Morgan fingerprint density at radius 1 is 1.42 bits per heavy atom. The molecule has 0 spiro atoms. The minimum absolute atomic E-state index is 0.0656. The summed E-state index contributed by atoms with van der Waals surface area (Å²) < 4.78 is 0.0656. The van der Waals surface area contributed by atoms with Crippen molar-refractivity contribution in [2.45, 2.75) is 38.0 Å². The van der Waals surface area contributed by atoms with Crippen LogP contribution >= 0.6 is 11.8 Å². The van der Waals surface area contributed by atoms with Crippen molar-refractivity contribution < 1.29 is 9.90 Å². The molecule has 0 radical (unpaired) electrons. The van der Waals surface area contributed by atoms with E-state index in [4.69, 9.17) is 10.8 Å². The zero-order valence-electron chi connectivity index (χ0n) is 8.05. The van der Waals surface area contributed by atoms with E-state index in [1.54, 1.807) is 11.8 Å². The first-order chi connectivity index (χ1) is 5.15. The van der Waals surface area contributed by atoms with Gasteiger partial charge in [0.15, 0.2) is 0 Å². The number of nitrogens with two attached hydrogens (primary N) is 1. The second-order valence-corrected chi connectivity index (χ2v) is 5.93. The van der Waals surface area contributed by atoms with Gasteiger partial charge in [0.25, 0.3) is 0 Å². The molecule has 0 aromatic carbocycles. The molecule has 1 atom stereocenters. The van der Waals surface area contributed by atoms with E-state index in [0.717, 1.165) is 0 Å². The second-order valence-electron chi connectivity index (χ2n) is 4.12. The maximum Gasteiger partial charge on any atom is 0.324 e. The lowest BCUT2D eigenvalue weighted by Crippen LogP contribution is -2.47. The molecular weight excluding hydrogens is 174 g/mol. The Bertz CT molecular complexity index is 172. The van der Waals surface area contributed by atoms with E-state index in [1.807, 2.05) is 20.8 Å².